The highest BCUT2D eigenvalue weighted by Gasteiger charge is 1.97. The molecule has 3 nitrogen and oxygen atoms in total. The largest absolute Gasteiger partial charge is 0.288 e. The van der Waals surface area contributed by atoms with E-state index in [1.54, 1.807) is 20.0 Å². The Kier molecular flexibility index (Phi) is 3.71. The first kappa shape index (κ1) is 8.17. The molecule has 0 aliphatic rings. The fraction of sp³-hybridized carbons (Fsp3) is 0.500. The first-order chi connectivity index (χ1) is 4.22. The van der Waals surface area contributed by atoms with E-state index in [9.17, 15) is 4.79 Å². The molecule has 2 N–H and O–H groups in total. The molecule has 0 unspecified atom stereocenters. The van der Waals surface area contributed by atoms with Gasteiger partial charge in [0.15, 0.2) is 0 Å². The quantitative estimate of drug-likeness (QED) is 0.412. The summed E-state index contributed by atoms with van der Waals surface area (Å²) in [4.78, 5) is 10.7. The van der Waals surface area contributed by atoms with Crippen LogP contribution in [0, 0.1) is 0 Å². The van der Waals surface area contributed by atoms with Crippen molar-refractivity contribution in [3.05, 3.63) is 11.6 Å². The molecule has 9 heavy (non-hydrogen) atoms. The van der Waals surface area contributed by atoms with Crippen LogP contribution in [-0.2, 0) is 4.79 Å². The van der Waals surface area contributed by atoms with E-state index in [-0.39, 0.29) is 5.91 Å². The molecular weight excluding hydrogens is 116 g/mol. The van der Waals surface area contributed by atoms with Gasteiger partial charge >= 0.3 is 0 Å². The van der Waals surface area contributed by atoms with Crippen molar-refractivity contribution in [2.45, 2.75) is 13.8 Å². The second kappa shape index (κ2) is 4.09. The maximum Gasteiger partial charge on any atom is 0.260 e. The van der Waals surface area contributed by atoms with Crippen LogP contribution in [-0.4, -0.2) is 13.0 Å². The van der Waals surface area contributed by atoms with Crippen molar-refractivity contribution in [3.63, 3.8) is 0 Å². The normalized spacial score (nSPS) is 11.2. The molecule has 0 bridgehead atoms. The van der Waals surface area contributed by atoms with E-state index in [0.29, 0.717) is 5.57 Å². The third-order valence-electron chi connectivity index (χ3n) is 1.03. The Bertz CT molecular complexity index is 129. The molecule has 0 fully saturated rings. The van der Waals surface area contributed by atoms with Gasteiger partial charge in [-0.3, -0.25) is 10.2 Å². The van der Waals surface area contributed by atoms with Gasteiger partial charge in [0, 0.05) is 12.6 Å². The summed E-state index contributed by atoms with van der Waals surface area (Å²) in [5, 5.41) is 0. The Hall–Kier alpha value is -0.830. The second-order valence-corrected chi connectivity index (χ2v) is 1.68. The number of hydrogen-bond donors (Lipinski definition) is 2. The van der Waals surface area contributed by atoms with Gasteiger partial charge in [0.2, 0.25) is 0 Å². The molecule has 0 aromatic heterocycles. The lowest BCUT2D eigenvalue weighted by atomic mass is 10.3. The molecule has 0 heterocycles. The van der Waals surface area contributed by atoms with Gasteiger partial charge in [0.1, 0.15) is 0 Å². The van der Waals surface area contributed by atoms with E-state index < -0.39 is 0 Å². The number of carbonyl (C=O) groups is 1. The van der Waals surface area contributed by atoms with Crippen LogP contribution in [0.2, 0.25) is 0 Å². The smallest absolute Gasteiger partial charge is 0.260 e. The van der Waals surface area contributed by atoms with Crippen LogP contribution in [0.25, 0.3) is 0 Å². The number of nitrogens with one attached hydrogen (secondary N) is 2. The summed E-state index contributed by atoms with van der Waals surface area (Å²) in [5.41, 5.74) is 5.69. The fourth-order valence-electron chi connectivity index (χ4n) is 0.343. The molecule has 0 aromatic rings. The van der Waals surface area contributed by atoms with E-state index >= 15 is 0 Å². The van der Waals surface area contributed by atoms with Gasteiger partial charge < -0.3 is 0 Å². The summed E-state index contributed by atoms with van der Waals surface area (Å²) in [6.07, 6.45) is 1.76. The van der Waals surface area contributed by atoms with Crippen LogP contribution < -0.4 is 10.9 Å². The third kappa shape index (κ3) is 2.87. The monoisotopic (exact) mass is 128 g/mol. The van der Waals surface area contributed by atoms with Gasteiger partial charge in [-0.25, -0.2) is 5.43 Å². The van der Waals surface area contributed by atoms with Crippen molar-refractivity contribution >= 4 is 5.91 Å². The molecule has 0 rings (SSSR count). The first-order valence-corrected chi connectivity index (χ1v) is 2.82. The molecule has 0 spiro atoms. The number of rotatable bonds is 2. The van der Waals surface area contributed by atoms with Crippen LogP contribution in [0.4, 0.5) is 0 Å². The molecule has 0 atom stereocenters. The van der Waals surface area contributed by atoms with Crippen LogP contribution in [0.15, 0.2) is 11.6 Å². The van der Waals surface area contributed by atoms with Crippen molar-refractivity contribution in [1.82, 2.24) is 10.9 Å². The Morgan fingerprint density at radius 1 is 1.56 bits per heavy atom. The average Bonchev–Trinajstić information content (AvgIpc) is 1.87. The number of amides is 1. The SMILES string of the molecule is C/C=C(/C)C(=O)NNC. The molecule has 0 saturated heterocycles. The Morgan fingerprint density at radius 2 is 2.11 bits per heavy atom. The zero-order valence-electron chi connectivity index (χ0n) is 5.99. The standard InChI is InChI=1S/C6H12N2O/c1-4-5(2)6(9)8-7-3/h4,7H,1-3H3,(H,8,9)/b5-4-. The summed E-state index contributed by atoms with van der Waals surface area (Å²) in [6, 6.07) is 0. The molecule has 3 heteroatoms. The summed E-state index contributed by atoms with van der Waals surface area (Å²) >= 11 is 0. The van der Waals surface area contributed by atoms with Crippen molar-refractivity contribution in [3.8, 4) is 0 Å². The van der Waals surface area contributed by atoms with Gasteiger partial charge in [-0.15, -0.1) is 0 Å². The van der Waals surface area contributed by atoms with Crippen molar-refractivity contribution in [2.75, 3.05) is 7.05 Å². The van der Waals surface area contributed by atoms with Gasteiger partial charge in [0.25, 0.3) is 5.91 Å². The van der Waals surface area contributed by atoms with Gasteiger partial charge in [-0.2, -0.15) is 0 Å². The van der Waals surface area contributed by atoms with Gasteiger partial charge in [0.05, 0.1) is 0 Å². The second-order valence-electron chi connectivity index (χ2n) is 1.68. The Labute approximate surface area is 55.1 Å². The average molecular weight is 128 g/mol. The molecule has 0 saturated carbocycles. The minimum absolute atomic E-state index is 0.0833. The molecule has 52 valence electrons. The molecule has 1 amide bonds. The summed E-state index contributed by atoms with van der Waals surface area (Å²) < 4.78 is 0. The fourth-order valence-corrected chi connectivity index (χ4v) is 0.343. The molecule has 0 aliphatic heterocycles. The maximum atomic E-state index is 10.7. The molecule has 0 radical (unpaired) electrons. The third-order valence-corrected chi connectivity index (χ3v) is 1.03. The number of hydrazine groups is 1. The Morgan fingerprint density at radius 3 is 2.44 bits per heavy atom. The molecule has 0 aliphatic carbocycles. The van der Waals surface area contributed by atoms with Crippen LogP contribution in [0.1, 0.15) is 13.8 Å². The molecule has 0 aromatic carbocycles. The van der Waals surface area contributed by atoms with Gasteiger partial charge in [-0.1, -0.05) is 6.08 Å². The van der Waals surface area contributed by atoms with E-state index in [1.807, 2.05) is 6.92 Å². The maximum absolute atomic E-state index is 10.7. The zero-order chi connectivity index (χ0) is 7.28. The van der Waals surface area contributed by atoms with E-state index in [2.05, 4.69) is 10.9 Å². The van der Waals surface area contributed by atoms with E-state index in [0.717, 1.165) is 0 Å². The Balaban J connectivity index is 3.74. The highest BCUT2D eigenvalue weighted by molar-refractivity contribution is 5.92. The number of hydrogen-bond acceptors (Lipinski definition) is 2. The minimum Gasteiger partial charge on any atom is -0.288 e. The zero-order valence-corrected chi connectivity index (χ0v) is 5.99. The number of carbonyl (C=O) groups excluding carboxylic acids is 1. The topological polar surface area (TPSA) is 41.1 Å². The summed E-state index contributed by atoms with van der Waals surface area (Å²) in [7, 11) is 1.65. The minimum atomic E-state index is -0.0833. The lowest BCUT2D eigenvalue weighted by molar-refractivity contribution is -0.118. The summed E-state index contributed by atoms with van der Waals surface area (Å²) in [6.45, 7) is 3.58. The van der Waals surface area contributed by atoms with Crippen LogP contribution in [0.5, 0.6) is 0 Å². The number of allylic oxidation sites excluding steroid dienone is 1. The van der Waals surface area contributed by atoms with Crippen LogP contribution >= 0.6 is 0 Å². The predicted molar refractivity (Wildman–Crippen MR) is 36.6 cm³/mol. The van der Waals surface area contributed by atoms with Crippen LogP contribution in [0.3, 0.4) is 0 Å². The lowest BCUT2D eigenvalue weighted by Gasteiger charge is -2.00. The van der Waals surface area contributed by atoms with Crippen molar-refractivity contribution < 1.29 is 4.79 Å². The highest BCUT2D eigenvalue weighted by Crippen LogP contribution is 1.88. The highest BCUT2D eigenvalue weighted by atomic mass is 16.2. The van der Waals surface area contributed by atoms with E-state index in [1.165, 1.54) is 0 Å². The van der Waals surface area contributed by atoms with Gasteiger partial charge in [-0.05, 0) is 13.8 Å². The summed E-state index contributed by atoms with van der Waals surface area (Å²) in [5.74, 6) is -0.0833. The van der Waals surface area contributed by atoms with E-state index in [4.69, 9.17) is 0 Å². The first-order valence-electron chi connectivity index (χ1n) is 2.82. The lowest BCUT2D eigenvalue weighted by Crippen LogP contribution is -2.34. The van der Waals surface area contributed by atoms with Crippen molar-refractivity contribution in [1.29, 1.82) is 0 Å². The van der Waals surface area contributed by atoms with Crippen molar-refractivity contribution in [2.24, 2.45) is 0 Å². The molecular formula is C6H12N2O. The predicted octanol–water partition coefficient (Wildman–Crippen LogP) is 0.203.